The Hall–Kier alpha value is -2.34. The summed E-state index contributed by atoms with van der Waals surface area (Å²) in [4.78, 5) is 4.46. The molecule has 0 aliphatic rings. The second-order valence-electron chi connectivity index (χ2n) is 6.70. The fourth-order valence-corrected chi connectivity index (χ4v) is 4.32. The van der Waals surface area contributed by atoms with Crippen molar-refractivity contribution in [3.63, 3.8) is 0 Å². The molecule has 0 aliphatic carbocycles. The highest BCUT2D eigenvalue weighted by Gasteiger charge is 2.25. The van der Waals surface area contributed by atoms with Crippen molar-refractivity contribution in [1.29, 1.82) is 0 Å². The van der Waals surface area contributed by atoms with E-state index in [2.05, 4.69) is 4.98 Å². The standard InChI is InChI=1S/C20H24N2O3S/c1-6-7-25-19-10-15(4)16(5)11-20(19)26(23,24)22-12-21-17-8-13(2)14(3)9-18(17)22/h8-12H,6-7H2,1-5H3. The molecule has 0 radical (unpaired) electrons. The highest BCUT2D eigenvalue weighted by molar-refractivity contribution is 7.90. The van der Waals surface area contributed by atoms with Crippen LogP contribution >= 0.6 is 0 Å². The van der Waals surface area contributed by atoms with Crippen LogP contribution in [-0.4, -0.2) is 24.0 Å². The van der Waals surface area contributed by atoms with Crippen molar-refractivity contribution in [2.24, 2.45) is 0 Å². The topological polar surface area (TPSA) is 61.2 Å². The molecule has 1 heterocycles. The zero-order chi connectivity index (χ0) is 19.1. The second kappa shape index (κ2) is 6.76. The highest BCUT2D eigenvalue weighted by Crippen LogP contribution is 2.31. The van der Waals surface area contributed by atoms with Gasteiger partial charge in [0.15, 0.2) is 0 Å². The molecule has 6 heteroatoms. The normalized spacial score (nSPS) is 11.9. The average molecular weight is 372 g/mol. The third-order valence-corrected chi connectivity index (χ3v) is 6.37. The lowest BCUT2D eigenvalue weighted by Crippen LogP contribution is -2.14. The van der Waals surface area contributed by atoms with Crippen LogP contribution in [0.1, 0.15) is 35.6 Å². The molecule has 2 aromatic carbocycles. The number of hydrogen-bond acceptors (Lipinski definition) is 4. The molecule has 0 aliphatic heterocycles. The summed E-state index contributed by atoms with van der Waals surface area (Å²) < 4.78 is 33.8. The number of aromatic nitrogens is 2. The van der Waals surface area contributed by atoms with Gasteiger partial charge in [0, 0.05) is 0 Å². The maximum absolute atomic E-state index is 13.4. The molecule has 0 fully saturated rings. The van der Waals surface area contributed by atoms with Crippen LogP contribution < -0.4 is 4.74 Å². The molecule has 0 spiro atoms. The van der Waals surface area contributed by atoms with Crippen LogP contribution in [0.4, 0.5) is 0 Å². The van der Waals surface area contributed by atoms with Crippen LogP contribution in [0.2, 0.25) is 0 Å². The van der Waals surface area contributed by atoms with Crippen molar-refractivity contribution in [1.82, 2.24) is 8.96 Å². The number of fused-ring (bicyclic) bond motifs is 1. The predicted octanol–water partition coefficient (Wildman–Crippen LogP) is 4.30. The van der Waals surface area contributed by atoms with E-state index < -0.39 is 10.0 Å². The van der Waals surface area contributed by atoms with E-state index in [0.29, 0.717) is 23.4 Å². The molecule has 0 N–H and O–H groups in total. The minimum absolute atomic E-state index is 0.173. The van der Waals surface area contributed by atoms with Crippen LogP contribution in [0.25, 0.3) is 11.0 Å². The monoisotopic (exact) mass is 372 g/mol. The molecule has 0 bridgehead atoms. The van der Waals surface area contributed by atoms with Crippen molar-refractivity contribution in [2.75, 3.05) is 6.61 Å². The Morgan fingerprint density at radius 3 is 2.27 bits per heavy atom. The Bertz CT molecular complexity index is 1080. The van der Waals surface area contributed by atoms with Gasteiger partial charge in [-0.25, -0.2) is 17.4 Å². The number of rotatable bonds is 5. The first-order chi connectivity index (χ1) is 12.3. The van der Waals surface area contributed by atoms with Gasteiger partial charge in [-0.05, 0) is 80.6 Å². The summed E-state index contributed by atoms with van der Waals surface area (Å²) in [6.45, 7) is 10.3. The van der Waals surface area contributed by atoms with Crippen molar-refractivity contribution in [3.8, 4) is 5.75 Å². The van der Waals surface area contributed by atoms with E-state index in [1.807, 2.05) is 46.8 Å². The van der Waals surface area contributed by atoms with E-state index in [1.54, 1.807) is 12.1 Å². The Morgan fingerprint density at radius 2 is 1.58 bits per heavy atom. The van der Waals surface area contributed by atoms with Gasteiger partial charge >= 0.3 is 0 Å². The van der Waals surface area contributed by atoms with E-state index in [9.17, 15) is 8.42 Å². The molecule has 0 saturated heterocycles. The Labute approximate surface area is 154 Å². The lowest BCUT2D eigenvalue weighted by molar-refractivity contribution is 0.309. The second-order valence-corrected chi connectivity index (χ2v) is 8.49. The number of imidazole rings is 1. The summed E-state index contributed by atoms with van der Waals surface area (Å²) in [6, 6.07) is 7.25. The van der Waals surface area contributed by atoms with Gasteiger partial charge in [0.1, 0.15) is 17.0 Å². The first-order valence-electron chi connectivity index (χ1n) is 8.69. The minimum Gasteiger partial charge on any atom is -0.492 e. The summed E-state index contributed by atoms with van der Waals surface area (Å²) >= 11 is 0. The van der Waals surface area contributed by atoms with Crippen molar-refractivity contribution >= 4 is 21.1 Å². The number of hydrogen-bond donors (Lipinski definition) is 0. The molecule has 0 unspecified atom stereocenters. The predicted molar refractivity (Wildman–Crippen MR) is 103 cm³/mol. The third kappa shape index (κ3) is 3.09. The maximum Gasteiger partial charge on any atom is 0.273 e. The quantitative estimate of drug-likeness (QED) is 0.670. The SMILES string of the molecule is CCCOc1cc(C)c(C)cc1S(=O)(=O)n1cnc2cc(C)c(C)cc21. The Balaban J connectivity index is 2.23. The average Bonchev–Trinajstić information content (AvgIpc) is 2.99. The molecular formula is C20H24N2O3S. The zero-order valence-corrected chi connectivity index (χ0v) is 16.6. The van der Waals surface area contributed by atoms with Gasteiger partial charge in [0.25, 0.3) is 10.0 Å². The Morgan fingerprint density at radius 1 is 0.962 bits per heavy atom. The van der Waals surface area contributed by atoms with Gasteiger partial charge in [-0.3, -0.25) is 0 Å². The molecule has 3 rings (SSSR count). The minimum atomic E-state index is -3.82. The zero-order valence-electron chi connectivity index (χ0n) is 15.8. The van der Waals surface area contributed by atoms with Gasteiger partial charge in [-0.1, -0.05) is 6.92 Å². The molecule has 138 valence electrons. The van der Waals surface area contributed by atoms with Gasteiger partial charge in [-0.2, -0.15) is 0 Å². The van der Waals surface area contributed by atoms with Crippen molar-refractivity contribution < 1.29 is 13.2 Å². The molecular weight excluding hydrogens is 348 g/mol. The number of nitrogens with zero attached hydrogens (tertiary/aromatic N) is 2. The lowest BCUT2D eigenvalue weighted by Gasteiger charge is -2.15. The van der Waals surface area contributed by atoms with Crippen LogP contribution in [0.5, 0.6) is 5.75 Å². The van der Waals surface area contributed by atoms with Crippen LogP contribution in [0.15, 0.2) is 35.5 Å². The molecule has 0 atom stereocenters. The largest absolute Gasteiger partial charge is 0.492 e. The molecule has 5 nitrogen and oxygen atoms in total. The summed E-state index contributed by atoms with van der Waals surface area (Å²) in [7, 11) is -3.82. The molecule has 3 aromatic rings. The van der Waals surface area contributed by atoms with Crippen molar-refractivity contribution in [2.45, 2.75) is 45.9 Å². The molecule has 1 aromatic heterocycles. The lowest BCUT2D eigenvalue weighted by atomic mass is 10.1. The molecule has 0 saturated carbocycles. The van der Waals surface area contributed by atoms with E-state index in [1.165, 1.54) is 10.3 Å². The van der Waals surface area contributed by atoms with Crippen LogP contribution in [-0.2, 0) is 10.0 Å². The number of aryl methyl sites for hydroxylation is 4. The molecule has 0 amide bonds. The van der Waals surface area contributed by atoms with Gasteiger partial charge < -0.3 is 4.74 Å². The third-order valence-electron chi connectivity index (χ3n) is 4.69. The van der Waals surface area contributed by atoms with Crippen LogP contribution in [0, 0.1) is 27.7 Å². The van der Waals surface area contributed by atoms with Crippen molar-refractivity contribution in [3.05, 3.63) is 52.8 Å². The van der Waals surface area contributed by atoms with E-state index in [0.717, 1.165) is 28.7 Å². The first-order valence-corrected chi connectivity index (χ1v) is 10.1. The first kappa shape index (κ1) is 18.5. The van der Waals surface area contributed by atoms with Crippen LogP contribution in [0.3, 0.4) is 0 Å². The summed E-state index contributed by atoms with van der Waals surface area (Å²) in [5.74, 6) is 0.389. The smallest absolute Gasteiger partial charge is 0.273 e. The number of ether oxygens (including phenoxy) is 1. The number of benzene rings is 2. The fourth-order valence-electron chi connectivity index (χ4n) is 2.83. The highest BCUT2D eigenvalue weighted by atomic mass is 32.2. The molecule has 26 heavy (non-hydrogen) atoms. The fraction of sp³-hybridized carbons (Fsp3) is 0.350. The van der Waals surface area contributed by atoms with Gasteiger partial charge in [-0.15, -0.1) is 0 Å². The maximum atomic E-state index is 13.4. The van der Waals surface area contributed by atoms with E-state index in [-0.39, 0.29) is 4.90 Å². The summed E-state index contributed by atoms with van der Waals surface area (Å²) in [5.41, 5.74) is 5.25. The van der Waals surface area contributed by atoms with Gasteiger partial charge in [0.2, 0.25) is 0 Å². The summed E-state index contributed by atoms with van der Waals surface area (Å²) in [5, 5.41) is 0. The van der Waals surface area contributed by atoms with E-state index >= 15 is 0 Å². The van der Waals surface area contributed by atoms with E-state index in [4.69, 9.17) is 4.74 Å². The van der Waals surface area contributed by atoms with Gasteiger partial charge in [0.05, 0.1) is 17.6 Å². The summed E-state index contributed by atoms with van der Waals surface area (Å²) in [6.07, 6.45) is 2.18. The Kier molecular flexibility index (Phi) is 4.80.